The van der Waals surface area contributed by atoms with Gasteiger partial charge in [0.15, 0.2) is 0 Å². The van der Waals surface area contributed by atoms with Crippen molar-refractivity contribution in [2.45, 2.75) is 46.1 Å². The Balaban J connectivity index is 1.98. The van der Waals surface area contributed by atoms with Crippen molar-refractivity contribution in [2.75, 3.05) is 6.54 Å². The second kappa shape index (κ2) is 4.50. The molecule has 1 fully saturated rings. The van der Waals surface area contributed by atoms with Gasteiger partial charge in [0.1, 0.15) is 5.82 Å². The van der Waals surface area contributed by atoms with Crippen LogP contribution in [0.1, 0.15) is 51.0 Å². The summed E-state index contributed by atoms with van der Waals surface area (Å²) in [6.07, 6.45) is 4.27. The minimum absolute atomic E-state index is 0.412. The zero-order valence-corrected chi connectivity index (χ0v) is 10.5. The van der Waals surface area contributed by atoms with E-state index < -0.39 is 0 Å². The summed E-state index contributed by atoms with van der Waals surface area (Å²) >= 11 is 0. The second-order valence-electron chi connectivity index (χ2n) is 5.33. The monoisotopic (exact) mass is 219 g/mol. The summed E-state index contributed by atoms with van der Waals surface area (Å²) in [5.74, 6) is 1.60. The average molecular weight is 219 g/mol. The molecule has 88 valence electrons. The highest BCUT2D eigenvalue weighted by molar-refractivity contribution is 5.17. The van der Waals surface area contributed by atoms with Gasteiger partial charge in [0.2, 0.25) is 0 Å². The van der Waals surface area contributed by atoms with Crippen molar-refractivity contribution in [1.82, 2.24) is 15.3 Å². The van der Waals surface area contributed by atoms with E-state index in [1.54, 1.807) is 0 Å². The molecular formula is C13H21N3. The van der Waals surface area contributed by atoms with Gasteiger partial charge in [-0.25, -0.2) is 9.97 Å². The van der Waals surface area contributed by atoms with E-state index in [-0.39, 0.29) is 0 Å². The molecule has 1 N–H and O–H groups in total. The molecule has 1 aromatic rings. The molecule has 0 amide bonds. The Bertz CT molecular complexity index is 360. The molecule has 3 nitrogen and oxygen atoms in total. The largest absolute Gasteiger partial charge is 0.311 e. The van der Waals surface area contributed by atoms with Crippen molar-refractivity contribution < 1.29 is 0 Å². The molecule has 1 saturated carbocycles. The Morgan fingerprint density at radius 3 is 2.88 bits per heavy atom. The van der Waals surface area contributed by atoms with Crippen molar-refractivity contribution in [1.29, 1.82) is 0 Å². The molecule has 1 heterocycles. The van der Waals surface area contributed by atoms with Crippen molar-refractivity contribution in [3.8, 4) is 0 Å². The predicted octanol–water partition coefficient (Wildman–Crippen LogP) is 2.49. The smallest absolute Gasteiger partial charge is 0.132 e. The van der Waals surface area contributed by atoms with Gasteiger partial charge in [0.25, 0.3) is 0 Å². The summed E-state index contributed by atoms with van der Waals surface area (Å²) in [4.78, 5) is 9.01. The molecule has 3 heteroatoms. The van der Waals surface area contributed by atoms with Crippen LogP contribution in [0.25, 0.3) is 0 Å². The Morgan fingerprint density at radius 1 is 1.50 bits per heavy atom. The Labute approximate surface area is 97.7 Å². The van der Waals surface area contributed by atoms with E-state index >= 15 is 0 Å². The standard InChI is InChI=1S/C13H21N3/c1-4-6-14-9-10-5-7-15-12(16-10)11-8-13(11,2)3/h5,7,11,14H,4,6,8-9H2,1-3H3. The summed E-state index contributed by atoms with van der Waals surface area (Å²) in [6, 6.07) is 2.00. The van der Waals surface area contributed by atoms with Crippen molar-refractivity contribution in [2.24, 2.45) is 5.41 Å². The molecule has 0 radical (unpaired) electrons. The number of rotatable bonds is 5. The van der Waals surface area contributed by atoms with Gasteiger partial charge in [0, 0.05) is 18.7 Å². The average Bonchev–Trinajstić information content (AvgIpc) is 2.89. The molecule has 2 rings (SSSR count). The van der Waals surface area contributed by atoms with Crippen LogP contribution in [-0.2, 0) is 6.54 Å². The molecule has 0 aliphatic heterocycles. The summed E-state index contributed by atoms with van der Waals surface area (Å²) in [5, 5.41) is 3.37. The van der Waals surface area contributed by atoms with Crippen LogP contribution >= 0.6 is 0 Å². The van der Waals surface area contributed by atoms with Crippen molar-refractivity contribution in [3.63, 3.8) is 0 Å². The molecule has 16 heavy (non-hydrogen) atoms. The van der Waals surface area contributed by atoms with E-state index in [2.05, 4.69) is 36.1 Å². The zero-order valence-electron chi connectivity index (χ0n) is 10.5. The highest BCUT2D eigenvalue weighted by Crippen LogP contribution is 2.57. The lowest BCUT2D eigenvalue weighted by atomic mass is 10.1. The number of aromatic nitrogens is 2. The fourth-order valence-electron chi connectivity index (χ4n) is 1.98. The van der Waals surface area contributed by atoms with Gasteiger partial charge >= 0.3 is 0 Å². The maximum absolute atomic E-state index is 4.63. The lowest BCUT2D eigenvalue weighted by Gasteiger charge is -2.05. The highest BCUT2D eigenvalue weighted by atomic mass is 14.9. The van der Waals surface area contributed by atoms with E-state index in [4.69, 9.17) is 0 Å². The molecular weight excluding hydrogens is 198 g/mol. The normalized spacial score (nSPS) is 22.1. The molecule has 0 aromatic carbocycles. The summed E-state index contributed by atoms with van der Waals surface area (Å²) in [5.41, 5.74) is 1.52. The quantitative estimate of drug-likeness (QED) is 0.773. The van der Waals surface area contributed by atoms with Crippen LogP contribution in [0.3, 0.4) is 0 Å². The third kappa shape index (κ3) is 2.59. The van der Waals surface area contributed by atoms with Crippen LogP contribution in [0, 0.1) is 5.41 Å². The Hall–Kier alpha value is -0.960. The van der Waals surface area contributed by atoms with E-state index in [1.807, 2.05) is 12.3 Å². The molecule has 1 atom stereocenters. The first-order chi connectivity index (χ1) is 7.63. The Kier molecular flexibility index (Phi) is 3.24. The van der Waals surface area contributed by atoms with Crippen LogP contribution in [-0.4, -0.2) is 16.5 Å². The summed E-state index contributed by atoms with van der Waals surface area (Å²) in [7, 11) is 0. The van der Waals surface area contributed by atoms with Crippen molar-refractivity contribution in [3.05, 3.63) is 23.8 Å². The number of nitrogens with zero attached hydrogens (tertiary/aromatic N) is 2. The molecule has 0 bridgehead atoms. The maximum atomic E-state index is 4.63. The minimum atomic E-state index is 0.412. The van der Waals surface area contributed by atoms with Crippen LogP contribution in [0.4, 0.5) is 0 Å². The third-order valence-electron chi connectivity index (χ3n) is 3.29. The van der Waals surface area contributed by atoms with Gasteiger partial charge in [-0.2, -0.15) is 0 Å². The molecule has 1 aliphatic carbocycles. The third-order valence-corrected chi connectivity index (χ3v) is 3.29. The zero-order chi connectivity index (χ0) is 11.6. The molecule has 1 unspecified atom stereocenters. The van der Waals surface area contributed by atoms with E-state index in [1.165, 1.54) is 6.42 Å². The van der Waals surface area contributed by atoms with Crippen LogP contribution < -0.4 is 5.32 Å². The van der Waals surface area contributed by atoms with Gasteiger partial charge in [-0.3, -0.25) is 0 Å². The van der Waals surface area contributed by atoms with E-state index in [9.17, 15) is 0 Å². The lowest BCUT2D eigenvalue weighted by molar-refractivity contribution is 0.602. The van der Waals surface area contributed by atoms with Gasteiger partial charge in [0.05, 0.1) is 5.69 Å². The molecule has 1 aromatic heterocycles. The summed E-state index contributed by atoms with van der Waals surface area (Å²) < 4.78 is 0. The van der Waals surface area contributed by atoms with Gasteiger partial charge < -0.3 is 5.32 Å². The SMILES string of the molecule is CCCNCc1ccnc(C2CC2(C)C)n1. The minimum Gasteiger partial charge on any atom is -0.311 e. The van der Waals surface area contributed by atoms with Gasteiger partial charge in [-0.15, -0.1) is 0 Å². The second-order valence-corrected chi connectivity index (χ2v) is 5.33. The van der Waals surface area contributed by atoms with E-state index in [0.29, 0.717) is 11.3 Å². The highest BCUT2D eigenvalue weighted by Gasteiger charge is 2.48. The van der Waals surface area contributed by atoms with Crippen molar-refractivity contribution >= 4 is 0 Å². The van der Waals surface area contributed by atoms with Crippen LogP contribution in [0.2, 0.25) is 0 Å². The summed E-state index contributed by atoms with van der Waals surface area (Å²) in [6.45, 7) is 8.64. The van der Waals surface area contributed by atoms with Gasteiger partial charge in [-0.05, 0) is 30.9 Å². The predicted molar refractivity (Wildman–Crippen MR) is 65.2 cm³/mol. The maximum Gasteiger partial charge on any atom is 0.132 e. The fraction of sp³-hybridized carbons (Fsp3) is 0.692. The lowest BCUT2D eigenvalue weighted by Crippen LogP contribution is -2.15. The first-order valence-electron chi connectivity index (χ1n) is 6.16. The first-order valence-corrected chi connectivity index (χ1v) is 6.16. The molecule has 1 aliphatic rings. The molecule has 0 saturated heterocycles. The van der Waals surface area contributed by atoms with Crippen LogP contribution in [0.5, 0.6) is 0 Å². The number of hydrogen-bond acceptors (Lipinski definition) is 3. The number of hydrogen-bond donors (Lipinski definition) is 1. The Morgan fingerprint density at radius 2 is 2.25 bits per heavy atom. The van der Waals surface area contributed by atoms with E-state index in [0.717, 1.165) is 31.0 Å². The molecule has 0 spiro atoms. The number of nitrogens with one attached hydrogen (secondary N) is 1. The first kappa shape index (κ1) is 11.5. The van der Waals surface area contributed by atoms with Crippen LogP contribution in [0.15, 0.2) is 12.3 Å². The topological polar surface area (TPSA) is 37.8 Å². The van der Waals surface area contributed by atoms with Gasteiger partial charge in [-0.1, -0.05) is 20.8 Å². The fourth-order valence-corrected chi connectivity index (χ4v) is 1.98.